The highest BCUT2D eigenvalue weighted by molar-refractivity contribution is 6.11. The van der Waals surface area contributed by atoms with Crippen molar-refractivity contribution in [3.05, 3.63) is 157 Å². The second-order valence-electron chi connectivity index (χ2n) is 17.0. The molecular formula is C50H44N4O2. The van der Waals surface area contributed by atoms with E-state index in [4.69, 9.17) is 14.1 Å². The van der Waals surface area contributed by atoms with Crippen LogP contribution in [0.5, 0.6) is 11.5 Å². The van der Waals surface area contributed by atoms with E-state index in [0.717, 1.165) is 78.4 Å². The van der Waals surface area contributed by atoms with Gasteiger partial charge in [-0.1, -0.05) is 102 Å². The lowest BCUT2D eigenvalue weighted by Crippen LogP contribution is -2.24. The molecule has 0 atom stereocenters. The van der Waals surface area contributed by atoms with Crippen molar-refractivity contribution in [1.29, 1.82) is 0 Å². The molecule has 276 valence electrons. The minimum atomic E-state index is -0.118. The number of furan rings is 1. The summed E-state index contributed by atoms with van der Waals surface area (Å²) in [5, 5.41) is 4.59. The van der Waals surface area contributed by atoms with Crippen LogP contribution < -0.4 is 14.5 Å². The molecule has 0 spiro atoms. The number of fused-ring (bicyclic) bond motifs is 7. The van der Waals surface area contributed by atoms with Gasteiger partial charge in [0.05, 0.1) is 28.1 Å². The van der Waals surface area contributed by atoms with Gasteiger partial charge in [-0.25, -0.2) is 4.98 Å². The van der Waals surface area contributed by atoms with E-state index in [1.165, 1.54) is 16.5 Å². The number of nitrogens with zero attached hydrogens (tertiary/aromatic N) is 4. The molecule has 56 heavy (non-hydrogen) atoms. The molecule has 4 heterocycles. The van der Waals surface area contributed by atoms with Crippen LogP contribution in [0.1, 0.15) is 52.7 Å². The molecule has 0 aliphatic carbocycles. The van der Waals surface area contributed by atoms with Crippen molar-refractivity contribution in [3.63, 3.8) is 0 Å². The summed E-state index contributed by atoms with van der Waals surface area (Å²) in [6.07, 6.45) is 1.92. The first-order chi connectivity index (χ1) is 27.0. The molecule has 0 N–H and O–H groups in total. The number of ether oxygens (including phenoxy) is 1. The van der Waals surface area contributed by atoms with Crippen molar-refractivity contribution in [2.75, 3.05) is 16.5 Å². The molecule has 1 aliphatic rings. The van der Waals surface area contributed by atoms with Crippen molar-refractivity contribution in [2.45, 2.75) is 52.4 Å². The molecule has 0 saturated heterocycles. The predicted octanol–water partition coefficient (Wildman–Crippen LogP) is 13.7. The average molecular weight is 733 g/mol. The summed E-state index contributed by atoms with van der Waals surface area (Å²) in [7, 11) is 0. The molecule has 0 radical (unpaired) electrons. The predicted molar refractivity (Wildman–Crippen MR) is 232 cm³/mol. The number of anilines is 4. The summed E-state index contributed by atoms with van der Waals surface area (Å²) in [4.78, 5) is 9.63. The van der Waals surface area contributed by atoms with Gasteiger partial charge >= 0.3 is 0 Å². The Bertz CT molecular complexity index is 2980. The SMILES string of the molecule is CC(C)(C)c1cc(Oc2ccc3c4ccccc4n(-c4cc(C(C)(C)C)ccn4)c3c2)cc(N2CN(c3cccc4c3oc3ccccc34)c3ccccc32)c1. The third-order valence-corrected chi connectivity index (χ3v) is 11.2. The quantitative estimate of drug-likeness (QED) is 0.176. The number of hydrogen-bond donors (Lipinski definition) is 0. The summed E-state index contributed by atoms with van der Waals surface area (Å²) >= 11 is 0. The molecule has 0 bridgehead atoms. The van der Waals surface area contributed by atoms with Crippen LogP contribution in [0, 0.1) is 0 Å². The van der Waals surface area contributed by atoms with Gasteiger partial charge in [0, 0.05) is 45.6 Å². The molecule has 9 aromatic rings. The molecule has 3 aromatic heterocycles. The molecule has 0 saturated carbocycles. The maximum atomic E-state index is 6.89. The Morgan fingerprint density at radius 2 is 1.21 bits per heavy atom. The Morgan fingerprint density at radius 3 is 2.02 bits per heavy atom. The highest BCUT2D eigenvalue weighted by Crippen LogP contribution is 2.48. The lowest BCUT2D eigenvalue weighted by molar-refractivity contribution is 0.479. The average Bonchev–Trinajstić information content (AvgIpc) is 3.87. The van der Waals surface area contributed by atoms with Crippen molar-refractivity contribution in [3.8, 4) is 17.3 Å². The molecule has 10 rings (SSSR count). The normalized spacial score (nSPS) is 13.4. The van der Waals surface area contributed by atoms with E-state index in [-0.39, 0.29) is 10.8 Å². The maximum absolute atomic E-state index is 6.89. The number of para-hydroxylation sites is 5. The third-order valence-electron chi connectivity index (χ3n) is 11.2. The Balaban J connectivity index is 1.07. The molecule has 6 heteroatoms. The van der Waals surface area contributed by atoms with Crippen LogP contribution >= 0.6 is 0 Å². The molecule has 0 unspecified atom stereocenters. The first kappa shape index (κ1) is 34.0. The van der Waals surface area contributed by atoms with Crippen molar-refractivity contribution >= 4 is 66.5 Å². The summed E-state index contributed by atoms with van der Waals surface area (Å²) in [5.41, 5.74) is 10.6. The van der Waals surface area contributed by atoms with Crippen LogP contribution in [-0.2, 0) is 10.8 Å². The minimum Gasteiger partial charge on any atom is -0.457 e. The molecule has 6 aromatic carbocycles. The van der Waals surface area contributed by atoms with Crippen molar-refractivity contribution in [1.82, 2.24) is 9.55 Å². The van der Waals surface area contributed by atoms with E-state index in [9.17, 15) is 0 Å². The second-order valence-corrected chi connectivity index (χ2v) is 17.0. The van der Waals surface area contributed by atoms with Gasteiger partial charge in [0.15, 0.2) is 5.58 Å². The number of benzene rings is 6. The topological polar surface area (TPSA) is 46.7 Å². The fourth-order valence-corrected chi connectivity index (χ4v) is 8.22. The van der Waals surface area contributed by atoms with Crippen LogP contribution in [0.15, 0.2) is 150 Å². The lowest BCUT2D eigenvalue weighted by atomic mass is 9.86. The molecule has 6 nitrogen and oxygen atoms in total. The Kier molecular flexibility index (Phi) is 7.59. The van der Waals surface area contributed by atoms with Crippen LogP contribution in [0.2, 0.25) is 0 Å². The van der Waals surface area contributed by atoms with Crippen molar-refractivity contribution in [2.24, 2.45) is 0 Å². The summed E-state index contributed by atoms with van der Waals surface area (Å²) in [6, 6.07) is 49.3. The highest BCUT2D eigenvalue weighted by Gasteiger charge is 2.31. The fraction of sp³-hybridized carbons (Fsp3) is 0.180. The highest BCUT2D eigenvalue weighted by atomic mass is 16.5. The first-order valence-corrected chi connectivity index (χ1v) is 19.4. The lowest BCUT2D eigenvalue weighted by Gasteiger charge is -2.26. The maximum Gasteiger partial charge on any atom is 0.159 e. The second kappa shape index (κ2) is 12.5. The Hall–Kier alpha value is -6.53. The first-order valence-electron chi connectivity index (χ1n) is 19.4. The molecular weight excluding hydrogens is 689 g/mol. The van der Waals surface area contributed by atoms with Gasteiger partial charge in [-0.2, -0.15) is 0 Å². The van der Waals surface area contributed by atoms with Gasteiger partial charge in [-0.05, 0) is 88.7 Å². The van der Waals surface area contributed by atoms with Gasteiger partial charge in [0.2, 0.25) is 0 Å². The van der Waals surface area contributed by atoms with Gasteiger partial charge in [0.25, 0.3) is 0 Å². The Labute approximate surface area is 327 Å². The molecule has 0 amide bonds. The van der Waals surface area contributed by atoms with E-state index in [0.29, 0.717) is 6.67 Å². The summed E-state index contributed by atoms with van der Waals surface area (Å²) in [5.74, 6) is 2.46. The number of rotatable bonds is 5. The fourth-order valence-electron chi connectivity index (χ4n) is 8.22. The standard InChI is InChI=1S/C50H44N4O2/c1-49(2,3)32-24-25-51-47(28-32)54-41-17-9-7-14-37(41)38-23-22-35(30-45(38)54)55-36-27-33(50(4,5)6)26-34(29-36)52-31-53(43-19-11-10-18-42(43)52)44-20-13-16-40-39-15-8-12-21-46(39)56-48(40)44/h7-30H,31H2,1-6H3. The van der Waals surface area contributed by atoms with Gasteiger partial charge in [-0.3, -0.25) is 4.57 Å². The largest absolute Gasteiger partial charge is 0.457 e. The minimum absolute atomic E-state index is 0.00581. The third kappa shape index (κ3) is 5.59. The number of pyridine rings is 1. The molecule has 0 fully saturated rings. The number of aromatic nitrogens is 2. The number of hydrogen-bond acceptors (Lipinski definition) is 5. The van der Waals surface area contributed by atoms with Crippen LogP contribution in [0.4, 0.5) is 22.7 Å². The van der Waals surface area contributed by atoms with Gasteiger partial charge < -0.3 is 19.0 Å². The van der Waals surface area contributed by atoms with Gasteiger partial charge in [-0.15, -0.1) is 0 Å². The van der Waals surface area contributed by atoms with E-state index in [1.807, 2.05) is 18.3 Å². The monoisotopic (exact) mass is 732 g/mol. The van der Waals surface area contributed by atoms with E-state index >= 15 is 0 Å². The van der Waals surface area contributed by atoms with Crippen molar-refractivity contribution < 1.29 is 9.15 Å². The Morgan fingerprint density at radius 1 is 0.536 bits per heavy atom. The smallest absolute Gasteiger partial charge is 0.159 e. The summed E-state index contributed by atoms with van der Waals surface area (Å²) < 4.78 is 15.7. The van der Waals surface area contributed by atoms with Gasteiger partial charge in [0.1, 0.15) is 29.6 Å². The zero-order valence-corrected chi connectivity index (χ0v) is 32.7. The zero-order chi connectivity index (χ0) is 38.3. The van der Waals surface area contributed by atoms with E-state index in [1.54, 1.807) is 0 Å². The van der Waals surface area contributed by atoms with E-state index in [2.05, 4.69) is 183 Å². The van der Waals surface area contributed by atoms with Crippen LogP contribution in [0.3, 0.4) is 0 Å². The van der Waals surface area contributed by atoms with E-state index < -0.39 is 0 Å². The zero-order valence-electron chi connectivity index (χ0n) is 32.7. The van der Waals surface area contributed by atoms with Crippen LogP contribution in [0.25, 0.3) is 49.6 Å². The molecule has 1 aliphatic heterocycles. The van der Waals surface area contributed by atoms with Crippen LogP contribution in [-0.4, -0.2) is 16.2 Å². The summed E-state index contributed by atoms with van der Waals surface area (Å²) in [6.45, 7) is 14.1.